The molecule has 0 spiro atoms. The molecule has 1 fully saturated rings. The maximum Gasteiger partial charge on any atom is 0.227 e. The van der Waals surface area contributed by atoms with Crippen molar-refractivity contribution in [2.24, 2.45) is 5.92 Å². The molecule has 1 unspecified atom stereocenters. The maximum absolute atomic E-state index is 12.3. The van der Waals surface area contributed by atoms with Gasteiger partial charge >= 0.3 is 0 Å². The fourth-order valence-electron chi connectivity index (χ4n) is 3.03. The fourth-order valence-corrected chi connectivity index (χ4v) is 3.03. The fraction of sp³-hybridized carbons (Fsp3) is 0.444. The van der Waals surface area contributed by atoms with Crippen LogP contribution in [0.15, 0.2) is 35.9 Å². The number of carbonyl (C=O) groups is 2. The van der Waals surface area contributed by atoms with Gasteiger partial charge in [0.05, 0.1) is 5.92 Å². The van der Waals surface area contributed by atoms with Gasteiger partial charge in [0.25, 0.3) is 0 Å². The van der Waals surface area contributed by atoms with E-state index in [1.807, 2.05) is 31.2 Å². The zero-order valence-corrected chi connectivity index (χ0v) is 14.7. The first-order valence-electron chi connectivity index (χ1n) is 8.17. The number of amides is 2. The number of anilines is 1. The van der Waals surface area contributed by atoms with Crippen molar-refractivity contribution in [2.45, 2.75) is 19.8 Å². The Balaban J connectivity index is 0.00000208. The molecule has 0 aliphatic carbocycles. The molecule has 1 saturated heterocycles. The van der Waals surface area contributed by atoms with Gasteiger partial charge in [-0.2, -0.15) is 0 Å². The third kappa shape index (κ3) is 4.36. The van der Waals surface area contributed by atoms with Crippen LogP contribution in [0.2, 0.25) is 0 Å². The molecule has 5 nitrogen and oxygen atoms in total. The maximum atomic E-state index is 12.3. The highest BCUT2D eigenvalue weighted by Crippen LogP contribution is 2.25. The summed E-state index contributed by atoms with van der Waals surface area (Å²) in [6.45, 7) is 4.91. The first-order chi connectivity index (χ1) is 11.1. The number of carbonyl (C=O) groups excluding carboxylic acids is 2. The van der Waals surface area contributed by atoms with Crippen LogP contribution in [-0.4, -0.2) is 38.0 Å². The van der Waals surface area contributed by atoms with Crippen LogP contribution in [0.5, 0.6) is 0 Å². The Morgan fingerprint density at radius 1 is 1.33 bits per heavy atom. The molecule has 24 heavy (non-hydrogen) atoms. The summed E-state index contributed by atoms with van der Waals surface area (Å²) in [7, 11) is 0. The molecule has 6 heteroatoms. The molecule has 0 bridgehead atoms. The van der Waals surface area contributed by atoms with E-state index in [1.165, 1.54) is 5.57 Å². The summed E-state index contributed by atoms with van der Waals surface area (Å²) in [6.07, 6.45) is 3.39. The van der Waals surface area contributed by atoms with Crippen LogP contribution in [0, 0.1) is 12.8 Å². The van der Waals surface area contributed by atoms with E-state index in [4.69, 9.17) is 0 Å². The lowest BCUT2D eigenvalue weighted by molar-refractivity contribution is -0.126. The Hall–Kier alpha value is -1.85. The van der Waals surface area contributed by atoms with Gasteiger partial charge < -0.3 is 15.5 Å². The van der Waals surface area contributed by atoms with Gasteiger partial charge in [0.15, 0.2) is 0 Å². The Morgan fingerprint density at radius 3 is 2.75 bits per heavy atom. The van der Waals surface area contributed by atoms with Crippen molar-refractivity contribution < 1.29 is 9.59 Å². The molecule has 3 rings (SSSR count). The lowest BCUT2D eigenvalue weighted by Crippen LogP contribution is -2.35. The molecule has 2 aliphatic rings. The number of hydrogen-bond donors (Lipinski definition) is 2. The van der Waals surface area contributed by atoms with Crippen molar-refractivity contribution in [3.63, 3.8) is 0 Å². The van der Waals surface area contributed by atoms with Crippen molar-refractivity contribution in [1.29, 1.82) is 0 Å². The van der Waals surface area contributed by atoms with Crippen LogP contribution in [0.1, 0.15) is 18.4 Å². The van der Waals surface area contributed by atoms with Crippen molar-refractivity contribution in [3.8, 4) is 0 Å². The molecule has 1 aromatic rings. The van der Waals surface area contributed by atoms with Gasteiger partial charge in [0.1, 0.15) is 0 Å². The molecule has 1 atom stereocenters. The van der Waals surface area contributed by atoms with Gasteiger partial charge in [-0.1, -0.05) is 29.3 Å². The molecular formula is C18H24ClN3O2. The smallest absolute Gasteiger partial charge is 0.227 e. The quantitative estimate of drug-likeness (QED) is 0.815. The molecule has 0 aromatic heterocycles. The average Bonchev–Trinajstić information content (AvgIpc) is 2.96. The van der Waals surface area contributed by atoms with Crippen molar-refractivity contribution in [1.82, 2.24) is 10.6 Å². The Morgan fingerprint density at radius 2 is 2.08 bits per heavy atom. The number of rotatable bonds is 4. The van der Waals surface area contributed by atoms with Crippen LogP contribution >= 0.6 is 12.4 Å². The van der Waals surface area contributed by atoms with Crippen LogP contribution in [0.3, 0.4) is 0 Å². The van der Waals surface area contributed by atoms with Gasteiger partial charge in [0, 0.05) is 31.7 Å². The molecule has 130 valence electrons. The van der Waals surface area contributed by atoms with Crippen LogP contribution in [-0.2, 0) is 9.59 Å². The third-order valence-corrected chi connectivity index (χ3v) is 4.49. The predicted octanol–water partition coefficient (Wildman–Crippen LogP) is 1.81. The van der Waals surface area contributed by atoms with Gasteiger partial charge in [-0.15, -0.1) is 12.4 Å². The van der Waals surface area contributed by atoms with E-state index in [0.29, 0.717) is 19.5 Å². The molecule has 0 saturated carbocycles. The minimum Gasteiger partial charge on any atom is -0.352 e. The van der Waals surface area contributed by atoms with Crippen molar-refractivity contribution in [3.05, 3.63) is 41.5 Å². The van der Waals surface area contributed by atoms with E-state index in [-0.39, 0.29) is 30.1 Å². The lowest BCUT2D eigenvalue weighted by atomic mass is 10.1. The lowest BCUT2D eigenvalue weighted by Gasteiger charge is -2.18. The van der Waals surface area contributed by atoms with Gasteiger partial charge in [-0.05, 0) is 32.0 Å². The number of halogens is 1. The molecular weight excluding hydrogens is 326 g/mol. The number of nitrogens with zero attached hydrogens (tertiary/aromatic N) is 1. The number of hydrogen-bond acceptors (Lipinski definition) is 3. The van der Waals surface area contributed by atoms with E-state index in [9.17, 15) is 9.59 Å². The van der Waals surface area contributed by atoms with E-state index in [2.05, 4.69) is 16.7 Å². The minimum atomic E-state index is -0.258. The summed E-state index contributed by atoms with van der Waals surface area (Å²) >= 11 is 0. The minimum absolute atomic E-state index is 0. The largest absolute Gasteiger partial charge is 0.352 e. The topological polar surface area (TPSA) is 61.4 Å². The monoisotopic (exact) mass is 349 g/mol. The summed E-state index contributed by atoms with van der Waals surface area (Å²) in [5, 5.41) is 6.23. The highest BCUT2D eigenvalue weighted by molar-refractivity contribution is 6.00. The summed E-state index contributed by atoms with van der Waals surface area (Å²) < 4.78 is 0. The Kier molecular flexibility index (Phi) is 6.40. The average molecular weight is 350 g/mol. The van der Waals surface area contributed by atoms with Gasteiger partial charge in [-0.25, -0.2) is 0 Å². The summed E-state index contributed by atoms with van der Waals surface area (Å²) in [4.78, 5) is 26.3. The second kappa shape index (κ2) is 8.31. The normalized spacial score (nSPS) is 20.4. The van der Waals surface area contributed by atoms with Crippen LogP contribution in [0.4, 0.5) is 5.69 Å². The molecule has 2 N–H and O–H groups in total. The predicted molar refractivity (Wildman–Crippen MR) is 97.5 cm³/mol. The number of benzene rings is 1. The highest BCUT2D eigenvalue weighted by atomic mass is 35.5. The third-order valence-electron chi connectivity index (χ3n) is 4.49. The first kappa shape index (κ1) is 18.5. The molecule has 2 aliphatic heterocycles. The Bertz CT molecular complexity index is 628. The van der Waals surface area contributed by atoms with Crippen LogP contribution < -0.4 is 15.5 Å². The first-order valence-corrected chi connectivity index (χ1v) is 8.17. The molecule has 1 aromatic carbocycles. The van der Waals surface area contributed by atoms with Gasteiger partial charge in [-0.3, -0.25) is 9.59 Å². The van der Waals surface area contributed by atoms with E-state index in [0.717, 1.165) is 30.8 Å². The van der Waals surface area contributed by atoms with E-state index >= 15 is 0 Å². The highest BCUT2D eigenvalue weighted by Gasteiger charge is 2.34. The van der Waals surface area contributed by atoms with Crippen molar-refractivity contribution in [2.75, 3.05) is 31.1 Å². The number of aryl methyl sites for hydroxylation is 1. The van der Waals surface area contributed by atoms with E-state index < -0.39 is 0 Å². The second-order valence-electron chi connectivity index (χ2n) is 6.28. The van der Waals surface area contributed by atoms with Crippen LogP contribution in [0.25, 0.3) is 0 Å². The summed E-state index contributed by atoms with van der Waals surface area (Å²) in [5.41, 5.74) is 3.29. The standard InChI is InChI=1S/C18H23N3O2.ClH/c1-13-2-4-16(5-3-13)21-12-15(10-17(21)22)18(23)20-11-14-6-8-19-9-7-14;/h2-6,15,19H,7-12H2,1H3,(H,20,23);1H. The summed E-state index contributed by atoms with van der Waals surface area (Å²) in [5.74, 6) is -0.256. The van der Waals surface area contributed by atoms with E-state index in [1.54, 1.807) is 4.90 Å². The zero-order chi connectivity index (χ0) is 16.2. The van der Waals surface area contributed by atoms with Crippen molar-refractivity contribution >= 4 is 29.9 Å². The van der Waals surface area contributed by atoms with Gasteiger partial charge in [0.2, 0.25) is 11.8 Å². The second-order valence-corrected chi connectivity index (χ2v) is 6.28. The zero-order valence-electron chi connectivity index (χ0n) is 13.9. The molecule has 0 radical (unpaired) electrons. The molecule has 2 amide bonds. The molecule has 2 heterocycles. The SMILES string of the molecule is Cc1ccc(N2CC(C(=O)NCC3=CCNCC3)CC2=O)cc1.Cl. The number of nitrogens with one attached hydrogen (secondary N) is 2. The Labute approximate surface area is 148 Å². The summed E-state index contributed by atoms with van der Waals surface area (Å²) in [6, 6.07) is 7.85.